The summed E-state index contributed by atoms with van der Waals surface area (Å²) in [6.45, 7) is 4.09. The van der Waals surface area contributed by atoms with E-state index in [0.29, 0.717) is 33.6 Å². The summed E-state index contributed by atoms with van der Waals surface area (Å²) >= 11 is 11.9. The van der Waals surface area contributed by atoms with Gasteiger partial charge in [-0.3, -0.25) is 9.69 Å². The Kier molecular flexibility index (Phi) is 6.15. The zero-order chi connectivity index (χ0) is 21.2. The van der Waals surface area contributed by atoms with Crippen molar-refractivity contribution in [3.8, 4) is 0 Å². The number of ether oxygens (including phenoxy) is 1. The molecule has 0 N–H and O–H groups in total. The summed E-state index contributed by atoms with van der Waals surface area (Å²) < 4.78 is 5.01. The molecule has 6 nitrogen and oxygen atoms in total. The van der Waals surface area contributed by atoms with Crippen LogP contribution in [0.1, 0.15) is 19.4 Å². The van der Waals surface area contributed by atoms with E-state index in [1.807, 2.05) is 6.92 Å². The average molecular weight is 434 g/mol. The Morgan fingerprint density at radius 2 is 1.66 bits per heavy atom. The van der Waals surface area contributed by atoms with Crippen molar-refractivity contribution in [3.63, 3.8) is 0 Å². The van der Waals surface area contributed by atoms with Gasteiger partial charge < -0.3 is 4.74 Å². The summed E-state index contributed by atoms with van der Waals surface area (Å²) in [5.74, 6) is -0.462. The zero-order valence-corrected chi connectivity index (χ0v) is 17.9. The molecule has 0 radical (unpaired) electrons. The molecule has 0 aromatic heterocycles. The molecule has 1 heterocycles. The van der Waals surface area contributed by atoms with E-state index in [1.54, 1.807) is 60.4 Å². The SMILES string of the molecule is CCN(C(=O)N1CC(C)(C(=O)OC)C(c2ccc(Cl)cc2)=N1)c1ccc(Cl)cc1. The second-order valence-electron chi connectivity index (χ2n) is 6.84. The predicted octanol–water partition coefficient (Wildman–Crippen LogP) is 4.84. The van der Waals surface area contributed by atoms with Crippen LogP contribution in [0.15, 0.2) is 53.6 Å². The van der Waals surface area contributed by atoms with E-state index in [9.17, 15) is 9.59 Å². The number of benzene rings is 2. The van der Waals surface area contributed by atoms with Gasteiger partial charge in [-0.2, -0.15) is 5.10 Å². The Morgan fingerprint density at radius 3 is 2.17 bits per heavy atom. The molecule has 0 bridgehead atoms. The number of halogens is 2. The molecule has 152 valence electrons. The number of esters is 1. The molecule has 2 aromatic rings. The number of hydrogen-bond acceptors (Lipinski definition) is 4. The number of urea groups is 1. The molecule has 2 aromatic carbocycles. The van der Waals surface area contributed by atoms with Crippen LogP contribution in [0.3, 0.4) is 0 Å². The standard InChI is InChI=1S/C21H21Cl2N3O3/c1-4-25(17-11-9-16(23)10-12-17)20(28)26-13-21(2,19(27)29-3)18(24-26)14-5-7-15(22)8-6-14/h5-12H,4,13H2,1-3H3. The molecule has 8 heteroatoms. The van der Waals surface area contributed by atoms with Crippen LogP contribution < -0.4 is 4.90 Å². The Balaban J connectivity index is 1.98. The van der Waals surface area contributed by atoms with Gasteiger partial charge in [0.15, 0.2) is 0 Å². The monoisotopic (exact) mass is 433 g/mol. The van der Waals surface area contributed by atoms with Gasteiger partial charge in [0.1, 0.15) is 5.41 Å². The van der Waals surface area contributed by atoms with Gasteiger partial charge in [-0.15, -0.1) is 0 Å². The van der Waals surface area contributed by atoms with E-state index in [4.69, 9.17) is 27.9 Å². The number of carbonyl (C=O) groups excluding carboxylic acids is 2. The summed E-state index contributed by atoms with van der Waals surface area (Å²) in [4.78, 5) is 27.4. The molecule has 3 rings (SSSR count). The van der Waals surface area contributed by atoms with Crippen molar-refractivity contribution in [1.82, 2.24) is 5.01 Å². The van der Waals surface area contributed by atoms with Crippen LogP contribution in [-0.4, -0.2) is 42.9 Å². The Morgan fingerprint density at radius 1 is 1.10 bits per heavy atom. The van der Waals surface area contributed by atoms with Crippen molar-refractivity contribution in [3.05, 3.63) is 64.1 Å². The smallest absolute Gasteiger partial charge is 0.344 e. The largest absolute Gasteiger partial charge is 0.468 e. The first kappa shape index (κ1) is 21.1. The molecule has 0 spiro atoms. The summed E-state index contributed by atoms with van der Waals surface area (Å²) in [6.07, 6.45) is 0. The molecule has 1 atom stereocenters. The Labute approximate surface area is 179 Å². The highest BCUT2D eigenvalue weighted by Gasteiger charge is 2.49. The number of carbonyl (C=O) groups is 2. The third-order valence-corrected chi connectivity index (χ3v) is 5.37. The highest BCUT2D eigenvalue weighted by atomic mass is 35.5. The normalized spacial score (nSPS) is 18.4. The van der Waals surface area contributed by atoms with Gasteiger partial charge in [0.05, 0.1) is 19.4 Å². The lowest BCUT2D eigenvalue weighted by Gasteiger charge is -2.27. The minimum Gasteiger partial charge on any atom is -0.468 e. The van der Waals surface area contributed by atoms with Gasteiger partial charge in [-0.1, -0.05) is 35.3 Å². The third-order valence-electron chi connectivity index (χ3n) is 4.87. The van der Waals surface area contributed by atoms with E-state index < -0.39 is 11.4 Å². The lowest BCUT2D eigenvalue weighted by molar-refractivity contribution is -0.147. The van der Waals surface area contributed by atoms with Crippen molar-refractivity contribution < 1.29 is 14.3 Å². The molecule has 0 fully saturated rings. The van der Waals surface area contributed by atoms with E-state index in [1.165, 1.54) is 12.1 Å². The number of methoxy groups -OCH3 is 1. The van der Waals surface area contributed by atoms with Crippen molar-refractivity contribution in [2.24, 2.45) is 10.5 Å². The fraction of sp³-hybridized carbons (Fsp3) is 0.286. The van der Waals surface area contributed by atoms with Crippen LogP contribution in [0.4, 0.5) is 10.5 Å². The molecule has 0 aliphatic carbocycles. The van der Waals surface area contributed by atoms with Gasteiger partial charge >= 0.3 is 12.0 Å². The van der Waals surface area contributed by atoms with Crippen LogP contribution in [0.5, 0.6) is 0 Å². The maximum absolute atomic E-state index is 13.2. The number of hydrazone groups is 1. The number of anilines is 1. The van der Waals surface area contributed by atoms with E-state index >= 15 is 0 Å². The maximum Gasteiger partial charge on any atom is 0.344 e. The van der Waals surface area contributed by atoms with Crippen LogP contribution in [0.2, 0.25) is 10.0 Å². The molecule has 29 heavy (non-hydrogen) atoms. The van der Waals surface area contributed by atoms with Gasteiger partial charge in [-0.25, -0.2) is 9.80 Å². The highest BCUT2D eigenvalue weighted by molar-refractivity contribution is 6.31. The molecule has 0 saturated heterocycles. The summed E-state index contributed by atoms with van der Waals surface area (Å²) in [5.41, 5.74) is 0.753. The second-order valence-corrected chi connectivity index (χ2v) is 7.71. The molecular weight excluding hydrogens is 413 g/mol. The van der Waals surface area contributed by atoms with Crippen molar-refractivity contribution in [2.45, 2.75) is 13.8 Å². The average Bonchev–Trinajstić information content (AvgIpc) is 3.08. The summed E-state index contributed by atoms with van der Waals surface area (Å²) in [5, 5.41) is 6.97. The molecule has 2 amide bonds. The first-order valence-corrected chi connectivity index (χ1v) is 9.83. The molecule has 1 unspecified atom stereocenters. The Bertz CT molecular complexity index is 945. The first-order chi connectivity index (χ1) is 13.8. The highest BCUT2D eigenvalue weighted by Crippen LogP contribution is 2.34. The molecular formula is C21H21Cl2N3O3. The number of amides is 2. The van der Waals surface area contributed by atoms with Gasteiger partial charge in [0.25, 0.3) is 0 Å². The van der Waals surface area contributed by atoms with Gasteiger partial charge in [0.2, 0.25) is 0 Å². The topological polar surface area (TPSA) is 62.2 Å². The van der Waals surface area contributed by atoms with Gasteiger partial charge in [0, 0.05) is 22.3 Å². The fourth-order valence-electron chi connectivity index (χ4n) is 3.31. The lowest BCUT2D eigenvalue weighted by atomic mass is 9.82. The van der Waals surface area contributed by atoms with Crippen molar-refractivity contribution in [2.75, 3.05) is 25.1 Å². The van der Waals surface area contributed by atoms with E-state index in [-0.39, 0.29) is 12.6 Å². The molecule has 1 aliphatic heterocycles. The van der Waals surface area contributed by atoms with Crippen LogP contribution in [-0.2, 0) is 9.53 Å². The summed E-state index contributed by atoms with van der Waals surface area (Å²) in [7, 11) is 1.32. The number of rotatable bonds is 4. The number of hydrogen-bond donors (Lipinski definition) is 0. The minimum absolute atomic E-state index is 0.0700. The van der Waals surface area contributed by atoms with Crippen molar-refractivity contribution in [1.29, 1.82) is 0 Å². The lowest BCUT2D eigenvalue weighted by Crippen LogP contribution is -2.45. The minimum atomic E-state index is -1.10. The maximum atomic E-state index is 13.2. The van der Waals surface area contributed by atoms with Gasteiger partial charge in [-0.05, 0) is 55.8 Å². The fourth-order valence-corrected chi connectivity index (χ4v) is 3.56. The van der Waals surface area contributed by atoms with Crippen molar-refractivity contribution >= 4 is 46.6 Å². The van der Waals surface area contributed by atoms with E-state index in [2.05, 4.69) is 5.10 Å². The second kappa shape index (κ2) is 8.43. The van der Waals surface area contributed by atoms with Crippen LogP contribution in [0.25, 0.3) is 0 Å². The third kappa shape index (κ3) is 4.09. The van der Waals surface area contributed by atoms with Crippen LogP contribution in [0, 0.1) is 5.41 Å². The quantitative estimate of drug-likeness (QED) is 0.647. The van der Waals surface area contributed by atoms with E-state index in [0.717, 1.165) is 0 Å². The molecule has 1 aliphatic rings. The molecule has 0 saturated carbocycles. The summed E-state index contributed by atoms with van der Waals surface area (Å²) in [6, 6.07) is 13.6. The predicted molar refractivity (Wildman–Crippen MR) is 115 cm³/mol. The first-order valence-electron chi connectivity index (χ1n) is 9.08. The number of nitrogens with zero attached hydrogens (tertiary/aromatic N) is 3. The zero-order valence-electron chi connectivity index (χ0n) is 16.4. The Hall–Kier alpha value is -2.57. The van der Waals surface area contributed by atoms with Crippen LogP contribution >= 0.6 is 23.2 Å².